The lowest BCUT2D eigenvalue weighted by Crippen LogP contribution is -2.03. The first-order chi connectivity index (χ1) is 9.65. The Balaban J connectivity index is 1.90. The van der Waals surface area contributed by atoms with Crippen LogP contribution in [-0.4, -0.2) is 27.9 Å². The highest BCUT2D eigenvalue weighted by Gasteiger charge is 2.23. The molecule has 1 aliphatic heterocycles. The zero-order valence-electron chi connectivity index (χ0n) is 10.7. The van der Waals surface area contributed by atoms with Gasteiger partial charge in [-0.2, -0.15) is 5.10 Å². The van der Waals surface area contributed by atoms with E-state index in [-0.39, 0.29) is 11.6 Å². The fourth-order valence-electron chi connectivity index (χ4n) is 2.33. The summed E-state index contributed by atoms with van der Waals surface area (Å²) in [6.07, 6.45) is 2.65. The lowest BCUT2D eigenvalue weighted by Gasteiger charge is -2.04. The molecule has 1 fully saturated rings. The second-order valence-corrected chi connectivity index (χ2v) is 4.75. The summed E-state index contributed by atoms with van der Waals surface area (Å²) in [7, 11) is 0. The van der Waals surface area contributed by atoms with Gasteiger partial charge in [-0.15, -0.1) is 0 Å². The molecule has 2 heterocycles. The Kier molecular flexibility index (Phi) is 3.11. The molecule has 1 saturated heterocycles. The third-order valence-electron chi connectivity index (χ3n) is 3.41. The van der Waals surface area contributed by atoms with Crippen molar-refractivity contribution in [2.45, 2.75) is 12.3 Å². The van der Waals surface area contributed by atoms with Crippen molar-refractivity contribution in [1.82, 2.24) is 9.78 Å². The number of rotatable bonds is 3. The van der Waals surface area contributed by atoms with E-state index >= 15 is 0 Å². The molecule has 1 aliphatic rings. The van der Waals surface area contributed by atoms with Crippen LogP contribution in [0.4, 0.5) is 11.4 Å². The lowest BCUT2D eigenvalue weighted by atomic mass is 10.0. The van der Waals surface area contributed by atoms with E-state index in [2.05, 4.69) is 5.10 Å². The van der Waals surface area contributed by atoms with Gasteiger partial charge in [0.1, 0.15) is 0 Å². The topological polar surface area (TPSA) is 96.2 Å². The minimum absolute atomic E-state index is 0.0540. The Morgan fingerprint density at radius 3 is 2.75 bits per heavy atom. The second kappa shape index (κ2) is 4.93. The molecule has 104 valence electrons. The van der Waals surface area contributed by atoms with Gasteiger partial charge in [0.15, 0.2) is 0 Å². The highest BCUT2D eigenvalue weighted by molar-refractivity contribution is 5.47. The number of nitro benzene ring substituents is 1. The normalized spacial score (nSPS) is 18.3. The maximum atomic E-state index is 10.6. The highest BCUT2D eigenvalue weighted by atomic mass is 16.6. The molecular formula is C13H14N4O3. The minimum atomic E-state index is -0.428. The SMILES string of the molecule is Nc1cn(-c2ccc([N+](=O)[O-])cc2)nc1C1CCOC1. The Labute approximate surface area is 115 Å². The maximum Gasteiger partial charge on any atom is 0.269 e. The van der Waals surface area contributed by atoms with Gasteiger partial charge in [-0.05, 0) is 18.6 Å². The molecule has 0 amide bonds. The predicted octanol–water partition coefficient (Wildman–Crippen LogP) is 1.87. The molecule has 1 unspecified atom stereocenters. The summed E-state index contributed by atoms with van der Waals surface area (Å²) in [4.78, 5) is 10.2. The van der Waals surface area contributed by atoms with Gasteiger partial charge in [-0.1, -0.05) is 0 Å². The number of hydrogen-bond donors (Lipinski definition) is 1. The van der Waals surface area contributed by atoms with Crippen LogP contribution in [0.25, 0.3) is 5.69 Å². The first kappa shape index (κ1) is 12.6. The second-order valence-electron chi connectivity index (χ2n) is 4.75. The summed E-state index contributed by atoms with van der Waals surface area (Å²) < 4.78 is 6.99. The number of anilines is 1. The summed E-state index contributed by atoms with van der Waals surface area (Å²) in [5.41, 5.74) is 8.24. The first-order valence-corrected chi connectivity index (χ1v) is 6.33. The molecule has 3 rings (SSSR count). The Morgan fingerprint density at radius 1 is 1.40 bits per heavy atom. The molecule has 1 aromatic heterocycles. The van der Waals surface area contributed by atoms with Crippen molar-refractivity contribution in [2.24, 2.45) is 0 Å². The molecule has 0 radical (unpaired) electrons. The third-order valence-corrected chi connectivity index (χ3v) is 3.41. The van der Waals surface area contributed by atoms with Gasteiger partial charge in [0.05, 0.1) is 34.8 Å². The van der Waals surface area contributed by atoms with Crippen molar-refractivity contribution in [3.63, 3.8) is 0 Å². The zero-order valence-corrected chi connectivity index (χ0v) is 10.7. The smallest absolute Gasteiger partial charge is 0.269 e. The van der Waals surface area contributed by atoms with E-state index in [1.54, 1.807) is 23.0 Å². The predicted molar refractivity (Wildman–Crippen MR) is 72.8 cm³/mol. The lowest BCUT2D eigenvalue weighted by molar-refractivity contribution is -0.384. The Morgan fingerprint density at radius 2 is 2.15 bits per heavy atom. The number of nitrogens with two attached hydrogens (primary N) is 1. The molecule has 0 saturated carbocycles. The average Bonchev–Trinajstić information content (AvgIpc) is 3.07. The number of hydrogen-bond acceptors (Lipinski definition) is 5. The van der Waals surface area contributed by atoms with Gasteiger partial charge in [-0.3, -0.25) is 10.1 Å². The van der Waals surface area contributed by atoms with Crippen LogP contribution in [0.2, 0.25) is 0 Å². The van der Waals surface area contributed by atoms with E-state index in [0.29, 0.717) is 12.3 Å². The van der Waals surface area contributed by atoms with Crippen LogP contribution >= 0.6 is 0 Å². The van der Waals surface area contributed by atoms with Gasteiger partial charge >= 0.3 is 0 Å². The van der Waals surface area contributed by atoms with E-state index in [1.165, 1.54) is 12.1 Å². The van der Waals surface area contributed by atoms with E-state index in [4.69, 9.17) is 10.5 Å². The Bertz CT molecular complexity index is 630. The van der Waals surface area contributed by atoms with Crippen molar-refractivity contribution in [2.75, 3.05) is 18.9 Å². The molecule has 7 heteroatoms. The van der Waals surface area contributed by atoms with Crippen LogP contribution < -0.4 is 5.73 Å². The molecule has 1 atom stereocenters. The largest absolute Gasteiger partial charge is 0.396 e. The highest BCUT2D eigenvalue weighted by Crippen LogP contribution is 2.29. The van der Waals surface area contributed by atoms with E-state index in [0.717, 1.165) is 24.4 Å². The number of nitro groups is 1. The van der Waals surface area contributed by atoms with Gasteiger partial charge < -0.3 is 10.5 Å². The van der Waals surface area contributed by atoms with Gasteiger partial charge in [0.2, 0.25) is 0 Å². The summed E-state index contributed by atoms with van der Waals surface area (Å²) in [6.45, 7) is 1.37. The van der Waals surface area contributed by atoms with Crippen LogP contribution in [0.5, 0.6) is 0 Å². The summed E-state index contributed by atoms with van der Waals surface area (Å²) >= 11 is 0. The maximum absolute atomic E-state index is 10.6. The van der Waals surface area contributed by atoms with E-state index < -0.39 is 4.92 Å². The van der Waals surface area contributed by atoms with Crippen molar-refractivity contribution in [1.29, 1.82) is 0 Å². The van der Waals surface area contributed by atoms with Gasteiger partial charge in [0, 0.05) is 24.7 Å². The molecule has 2 aromatic rings. The van der Waals surface area contributed by atoms with Crippen LogP contribution in [-0.2, 0) is 4.74 Å². The summed E-state index contributed by atoms with van der Waals surface area (Å²) in [5.74, 6) is 0.231. The average molecular weight is 274 g/mol. The molecule has 1 aromatic carbocycles. The molecule has 0 spiro atoms. The summed E-state index contributed by atoms with van der Waals surface area (Å²) in [6, 6.07) is 6.20. The van der Waals surface area contributed by atoms with Crippen molar-refractivity contribution < 1.29 is 9.66 Å². The minimum Gasteiger partial charge on any atom is -0.396 e. The quantitative estimate of drug-likeness (QED) is 0.680. The van der Waals surface area contributed by atoms with Gasteiger partial charge in [0.25, 0.3) is 5.69 Å². The Hall–Kier alpha value is -2.41. The van der Waals surface area contributed by atoms with E-state index in [1.807, 2.05) is 0 Å². The van der Waals surface area contributed by atoms with Crippen LogP contribution in [0, 0.1) is 10.1 Å². The monoisotopic (exact) mass is 274 g/mol. The molecule has 2 N–H and O–H groups in total. The molecule has 7 nitrogen and oxygen atoms in total. The van der Waals surface area contributed by atoms with Crippen molar-refractivity contribution >= 4 is 11.4 Å². The molecule has 20 heavy (non-hydrogen) atoms. The first-order valence-electron chi connectivity index (χ1n) is 6.33. The fraction of sp³-hybridized carbons (Fsp3) is 0.308. The van der Waals surface area contributed by atoms with Gasteiger partial charge in [-0.25, -0.2) is 4.68 Å². The van der Waals surface area contributed by atoms with Crippen LogP contribution in [0.3, 0.4) is 0 Å². The fourth-order valence-corrected chi connectivity index (χ4v) is 2.33. The number of nitrogens with zero attached hydrogens (tertiary/aromatic N) is 3. The third kappa shape index (κ3) is 2.23. The number of aromatic nitrogens is 2. The standard InChI is InChI=1S/C13H14N4O3/c14-12-7-16(15-13(12)9-5-6-20-8-9)10-1-3-11(4-2-10)17(18)19/h1-4,7,9H,5-6,8,14H2. The number of ether oxygens (including phenoxy) is 1. The summed E-state index contributed by atoms with van der Waals surface area (Å²) in [5, 5.41) is 15.1. The number of nitrogen functional groups attached to an aromatic ring is 1. The van der Waals surface area contributed by atoms with Crippen molar-refractivity contribution in [3.8, 4) is 5.69 Å². The molecular weight excluding hydrogens is 260 g/mol. The molecule has 0 aliphatic carbocycles. The van der Waals surface area contributed by atoms with Crippen LogP contribution in [0.1, 0.15) is 18.0 Å². The van der Waals surface area contributed by atoms with Crippen molar-refractivity contribution in [3.05, 3.63) is 46.3 Å². The number of benzene rings is 1. The van der Waals surface area contributed by atoms with Crippen LogP contribution in [0.15, 0.2) is 30.5 Å². The van der Waals surface area contributed by atoms with E-state index in [9.17, 15) is 10.1 Å². The molecule has 0 bridgehead atoms. The zero-order chi connectivity index (χ0) is 14.1. The number of non-ortho nitro benzene ring substituents is 1.